The molecular formula is C18H20N2O2S. The summed E-state index contributed by atoms with van der Waals surface area (Å²) in [6, 6.07) is 8.11. The third-order valence-corrected chi connectivity index (χ3v) is 7.22. The molecule has 3 fully saturated rings. The van der Waals surface area contributed by atoms with Crippen molar-refractivity contribution >= 4 is 15.9 Å². The van der Waals surface area contributed by atoms with Gasteiger partial charge in [0.1, 0.15) is 4.90 Å². The van der Waals surface area contributed by atoms with Gasteiger partial charge in [-0.25, -0.2) is 0 Å². The zero-order chi connectivity index (χ0) is 15.6. The predicted molar refractivity (Wildman–Crippen MR) is 88.9 cm³/mol. The molecule has 120 valence electrons. The molecule has 2 atom stereocenters. The summed E-state index contributed by atoms with van der Waals surface area (Å²) in [6.07, 6.45) is 8.43. The second-order valence-electron chi connectivity index (χ2n) is 7.15. The van der Waals surface area contributed by atoms with Gasteiger partial charge in [0.25, 0.3) is 10.0 Å². The number of sulfonamides is 1. The zero-order valence-electron chi connectivity index (χ0n) is 13.0. The molecule has 5 heteroatoms. The lowest BCUT2D eigenvalue weighted by Crippen LogP contribution is -2.45. The minimum absolute atomic E-state index is 0.373. The molecule has 2 unspecified atom stereocenters. The predicted octanol–water partition coefficient (Wildman–Crippen LogP) is 3.24. The van der Waals surface area contributed by atoms with Crippen LogP contribution in [0.15, 0.2) is 44.7 Å². The molecule has 3 aliphatic heterocycles. The summed E-state index contributed by atoms with van der Waals surface area (Å²) in [5.74, 6) is 0.700. The van der Waals surface area contributed by atoms with E-state index in [9.17, 15) is 8.42 Å². The molecule has 23 heavy (non-hydrogen) atoms. The van der Waals surface area contributed by atoms with Crippen molar-refractivity contribution in [1.29, 1.82) is 0 Å². The lowest BCUT2D eigenvalue weighted by molar-refractivity contribution is 0.272. The Morgan fingerprint density at radius 3 is 2.35 bits per heavy atom. The van der Waals surface area contributed by atoms with Gasteiger partial charge in [-0.2, -0.15) is 8.42 Å². The zero-order valence-corrected chi connectivity index (χ0v) is 13.8. The number of piperidine rings is 1. The third kappa shape index (κ3) is 1.95. The first-order valence-corrected chi connectivity index (χ1v) is 10.00. The normalized spacial score (nSPS) is 31.0. The number of hydrogen-bond acceptors (Lipinski definition) is 3. The number of nitrogens with zero attached hydrogens (tertiary/aromatic N) is 2. The first-order chi connectivity index (χ1) is 11.1. The SMILES string of the molecule is O=S1(=O)N=C(N2C3CCC2CC(=C2CCC2)C3)c2ccccc21. The van der Waals surface area contributed by atoms with E-state index in [0.717, 1.165) is 31.2 Å². The molecule has 0 radical (unpaired) electrons. The van der Waals surface area contributed by atoms with Crippen molar-refractivity contribution in [2.45, 2.75) is 61.9 Å². The van der Waals surface area contributed by atoms with Gasteiger partial charge in [-0.1, -0.05) is 23.3 Å². The third-order valence-electron chi connectivity index (χ3n) is 5.90. The lowest BCUT2D eigenvalue weighted by Gasteiger charge is -2.39. The van der Waals surface area contributed by atoms with Crippen LogP contribution in [-0.4, -0.2) is 31.2 Å². The second-order valence-corrected chi connectivity index (χ2v) is 8.72. The maximum atomic E-state index is 12.3. The Balaban J connectivity index is 1.55. The summed E-state index contributed by atoms with van der Waals surface area (Å²) in [5, 5.41) is 0. The van der Waals surface area contributed by atoms with E-state index in [2.05, 4.69) is 9.30 Å². The van der Waals surface area contributed by atoms with Gasteiger partial charge in [-0.3, -0.25) is 0 Å². The second kappa shape index (κ2) is 4.69. The molecule has 2 saturated heterocycles. The highest BCUT2D eigenvalue weighted by atomic mass is 32.2. The average Bonchev–Trinajstić information content (AvgIpc) is 2.89. The van der Waals surface area contributed by atoms with Crippen LogP contribution >= 0.6 is 0 Å². The van der Waals surface area contributed by atoms with Gasteiger partial charge in [0.15, 0.2) is 5.84 Å². The molecule has 2 bridgehead atoms. The number of allylic oxidation sites excluding steroid dienone is 1. The van der Waals surface area contributed by atoms with Crippen molar-refractivity contribution in [1.82, 2.24) is 4.90 Å². The molecule has 1 aromatic carbocycles. The number of fused-ring (bicyclic) bond motifs is 3. The molecule has 5 rings (SSSR count). The van der Waals surface area contributed by atoms with Crippen LogP contribution in [0.25, 0.3) is 0 Å². The molecule has 3 heterocycles. The Hall–Kier alpha value is -1.62. The van der Waals surface area contributed by atoms with Gasteiger partial charge >= 0.3 is 0 Å². The van der Waals surface area contributed by atoms with Gasteiger partial charge in [0.05, 0.1) is 0 Å². The van der Waals surface area contributed by atoms with Crippen LogP contribution in [0.5, 0.6) is 0 Å². The first kappa shape index (κ1) is 13.8. The quantitative estimate of drug-likeness (QED) is 0.687. The van der Waals surface area contributed by atoms with Crippen molar-refractivity contribution in [2.24, 2.45) is 4.40 Å². The standard InChI is InChI=1S/C18H20N2O2S/c21-23(22)17-7-2-1-6-16(17)18(19-23)20-14-8-9-15(20)11-13(10-14)12-4-3-5-12/h1-2,6-7,14-15H,3-5,8-11H2. The van der Waals surface area contributed by atoms with E-state index < -0.39 is 10.0 Å². The van der Waals surface area contributed by atoms with Crippen LogP contribution in [0, 0.1) is 0 Å². The Morgan fingerprint density at radius 2 is 1.70 bits per heavy atom. The summed E-state index contributed by atoms with van der Waals surface area (Å²) >= 11 is 0. The summed E-state index contributed by atoms with van der Waals surface area (Å²) in [4.78, 5) is 2.70. The average molecular weight is 328 g/mol. The summed E-state index contributed by atoms with van der Waals surface area (Å²) < 4.78 is 28.8. The fraction of sp³-hybridized carbons (Fsp3) is 0.500. The minimum atomic E-state index is -3.51. The maximum Gasteiger partial charge on any atom is 0.285 e. The Morgan fingerprint density at radius 1 is 1.00 bits per heavy atom. The fourth-order valence-electron chi connectivity index (χ4n) is 4.63. The Labute approximate surface area is 137 Å². The van der Waals surface area contributed by atoms with Crippen molar-refractivity contribution in [3.8, 4) is 0 Å². The lowest BCUT2D eigenvalue weighted by atomic mass is 9.82. The molecular weight excluding hydrogens is 308 g/mol. The molecule has 1 aromatic rings. The van der Waals surface area contributed by atoms with Crippen molar-refractivity contribution < 1.29 is 8.42 Å². The fourth-order valence-corrected chi connectivity index (χ4v) is 5.84. The molecule has 0 aromatic heterocycles. The van der Waals surface area contributed by atoms with Crippen LogP contribution in [0.1, 0.15) is 50.5 Å². The van der Waals surface area contributed by atoms with Crippen molar-refractivity contribution in [3.63, 3.8) is 0 Å². The number of rotatable bonds is 0. The molecule has 1 saturated carbocycles. The van der Waals surface area contributed by atoms with E-state index in [1.54, 1.807) is 23.3 Å². The largest absolute Gasteiger partial charge is 0.349 e. The molecule has 0 N–H and O–H groups in total. The van der Waals surface area contributed by atoms with Gasteiger partial charge < -0.3 is 4.90 Å². The van der Waals surface area contributed by atoms with Crippen LogP contribution in [0.2, 0.25) is 0 Å². The molecule has 0 spiro atoms. The Kier molecular flexibility index (Phi) is 2.81. The van der Waals surface area contributed by atoms with Gasteiger partial charge in [0.2, 0.25) is 0 Å². The van der Waals surface area contributed by atoms with Crippen molar-refractivity contribution in [3.05, 3.63) is 41.0 Å². The van der Waals surface area contributed by atoms with E-state index in [1.165, 1.54) is 19.3 Å². The summed E-state index contributed by atoms with van der Waals surface area (Å²) in [6.45, 7) is 0. The van der Waals surface area contributed by atoms with E-state index in [1.807, 2.05) is 12.1 Å². The monoisotopic (exact) mass is 328 g/mol. The highest BCUT2D eigenvalue weighted by Crippen LogP contribution is 2.45. The Bertz CT molecular complexity index is 832. The summed E-state index contributed by atoms with van der Waals surface area (Å²) in [7, 11) is -3.51. The van der Waals surface area contributed by atoms with Gasteiger partial charge in [0, 0.05) is 17.6 Å². The number of hydrogen-bond donors (Lipinski definition) is 0. The number of amidine groups is 1. The van der Waals surface area contributed by atoms with Crippen LogP contribution in [0.4, 0.5) is 0 Å². The smallest absolute Gasteiger partial charge is 0.285 e. The van der Waals surface area contributed by atoms with Gasteiger partial charge in [-0.15, -0.1) is 4.40 Å². The maximum absolute atomic E-state index is 12.3. The van der Waals surface area contributed by atoms with E-state index >= 15 is 0 Å². The number of benzene rings is 1. The molecule has 4 nitrogen and oxygen atoms in total. The van der Waals surface area contributed by atoms with Crippen molar-refractivity contribution in [2.75, 3.05) is 0 Å². The van der Waals surface area contributed by atoms with E-state index in [0.29, 0.717) is 22.8 Å². The minimum Gasteiger partial charge on any atom is -0.349 e. The highest BCUT2D eigenvalue weighted by Gasteiger charge is 2.44. The van der Waals surface area contributed by atoms with Gasteiger partial charge in [-0.05, 0) is 57.1 Å². The summed E-state index contributed by atoms with van der Waals surface area (Å²) in [5.41, 5.74) is 4.14. The van der Waals surface area contributed by atoms with Crippen LogP contribution in [0.3, 0.4) is 0 Å². The molecule has 0 amide bonds. The highest BCUT2D eigenvalue weighted by molar-refractivity contribution is 7.90. The van der Waals surface area contributed by atoms with Crippen LogP contribution < -0.4 is 0 Å². The van der Waals surface area contributed by atoms with E-state index in [4.69, 9.17) is 0 Å². The van der Waals surface area contributed by atoms with Crippen LogP contribution in [-0.2, 0) is 10.0 Å². The molecule has 4 aliphatic rings. The van der Waals surface area contributed by atoms with E-state index in [-0.39, 0.29) is 0 Å². The first-order valence-electron chi connectivity index (χ1n) is 8.56. The topological polar surface area (TPSA) is 49.7 Å². The molecule has 1 aliphatic carbocycles.